The molecule has 1 aliphatic heterocycles. The largest absolute Gasteiger partial charge is 0.399 e. The molecule has 0 spiro atoms. The molecule has 2 rings (SSSR count). The second-order valence-corrected chi connectivity index (χ2v) is 3.61. The van der Waals surface area contributed by atoms with Gasteiger partial charge < -0.3 is 15.5 Å². The SMILES string of the molecule is CO/N=C/c1ccccc1NCC1=NCCN1. The van der Waals surface area contributed by atoms with E-state index in [1.165, 1.54) is 7.11 Å². The fraction of sp³-hybridized carbons (Fsp3) is 0.333. The molecule has 2 N–H and O–H groups in total. The highest BCUT2D eigenvalue weighted by molar-refractivity contribution is 5.91. The fourth-order valence-electron chi connectivity index (χ4n) is 1.62. The number of oxime groups is 1. The first-order valence-corrected chi connectivity index (χ1v) is 5.57. The molecule has 0 bridgehead atoms. The first kappa shape index (κ1) is 11.4. The Kier molecular flexibility index (Phi) is 3.96. The van der Waals surface area contributed by atoms with Gasteiger partial charge >= 0.3 is 0 Å². The first-order valence-electron chi connectivity index (χ1n) is 5.57. The molecule has 0 unspecified atom stereocenters. The zero-order chi connectivity index (χ0) is 11.9. The van der Waals surface area contributed by atoms with Crippen LogP contribution in [0, 0.1) is 0 Å². The molecule has 0 saturated heterocycles. The molecule has 5 heteroatoms. The van der Waals surface area contributed by atoms with Gasteiger partial charge in [0.2, 0.25) is 0 Å². The minimum absolute atomic E-state index is 0.706. The lowest BCUT2D eigenvalue weighted by Crippen LogP contribution is -2.26. The molecular formula is C12H16N4O. The van der Waals surface area contributed by atoms with Crippen LogP contribution in [0.3, 0.4) is 0 Å². The van der Waals surface area contributed by atoms with E-state index < -0.39 is 0 Å². The van der Waals surface area contributed by atoms with E-state index in [1.54, 1.807) is 6.21 Å². The number of aliphatic imine (C=N–C) groups is 1. The van der Waals surface area contributed by atoms with Gasteiger partial charge in [-0.3, -0.25) is 4.99 Å². The molecule has 1 aromatic rings. The maximum atomic E-state index is 4.68. The van der Waals surface area contributed by atoms with Crippen molar-refractivity contribution in [1.29, 1.82) is 0 Å². The van der Waals surface area contributed by atoms with E-state index in [4.69, 9.17) is 0 Å². The number of hydrogen-bond acceptors (Lipinski definition) is 5. The Balaban J connectivity index is 2.01. The molecule has 90 valence electrons. The van der Waals surface area contributed by atoms with E-state index in [9.17, 15) is 0 Å². The lowest BCUT2D eigenvalue weighted by atomic mass is 10.2. The summed E-state index contributed by atoms with van der Waals surface area (Å²) in [5.74, 6) is 1.00. The molecule has 0 aromatic heterocycles. The summed E-state index contributed by atoms with van der Waals surface area (Å²) in [5, 5.41) is 10.3. The van der Waals surface area contributed by atoms with Crippen molar-refractivity contribution in [2.45, 2.75) is 0 Å². The molecule has 0 saturated carbocycles. The van der Waals surface area contributed by atoms with E-state index >= 15 is 0 Å². The number of amidine groups is 1. The van der Waals surface area contributed by atoms with Gasteiger partial charge in [-0.1, -0.05) is 23.4 Å². The van der Waals surface area contributed by atoms with Crippen LogP contribution < -0.4 is 10.6 Å². The monoisotopic (exact) mass is 232 g/mol. The Labute approximate surface area is 101 Å². The summed E-state index contributed by atoms with van der Waals surface area (Å²) in [5.41, 5.74) is 2.01. The zero-order valence-corrected chi connectivity index (χ0v) is 9.81. The van der Waals surface area contributed by atoms with Crippen molar-refractivity contribution in [1.82, 2.24) is 5.32 Å². The van der Waals surface area contributed by atoms with Crippen molar-refractivity contribution in [3.05, 3.63) is 29.8 Å². The van der Waals surface area contributed by atoms with Crippen molar-refractivity contribution in [3.8, 4) is 0 Å². The second-order valence-electron chi connectivity index (χ2n) is 3.61. The van der Waals surface area contributed by atoms with E-state index in [0.717, 1.165) is 30.2 Å². The normalized spacial score (nSPS) is 14.5. The molecule has 1 aromatic carbocycles. The van der Waals surface area contributed by atoms with E-state index in [-0.39, 0.29) is 0 Å². The molecule has 17 heavy (non-hydrogen) atoms. The Morgan fingerprint density at radius 2 is 2.41 bits per heavy atom. The highest BCUT2D eigenvalue weighted by atomic mass is 16.6. The van der Waals surface area contributed by atoms with Crippen LogP contribution >= 0.6 is 0 Å². The van der Waals surface area contributed by atoms with Crippen LogP contribution in [0.5, 0.6) is 0 Å². The van der Waals surface area contributed by atoms with Gasteiger partial charge in [-0.15, -0.1) is 0 Å². The van der Waals surface area contributed by atoms with E-state index in [2.05, 4.69) is 25.6 Å². The highest BCUT2D eigenvalue weighted by Crippen LogP contribution is 2.12. The predicted molar refractivity (Wildman–Crippen MR) is 69.8 cm³/mol. The van der Waals surface area contributed by atoms with Crippen LogP contribution in [0.15, 0.2) is 34.4 Å². The smallest absolute Gasteiger partial charge is 0.116 e. The molecule has 0 amide bonds. The van der Waals surface area contributed by atoms with Crippen molar-refractivity contribution in [2.24, 2.45) is 10.1 Å². The molecule has 1 aliphatic rings. The van der Waals surface area contributed by atoms with Gasteiger partial charge in [0.1, 0.15) is 12.9 Å². The average molecular weight is 232 g/mol. The Morgan fingerprint density at radius 1 is 1.53 bits per heavy atom. The van der Waals surface area contributed by atoms with Gasteiger partial charge in [-0.05, 0) is 6.07 Å². The number of para-hydroxylation sites is 1. The number of hydrogen-bond donors (Lipinski definition) is 2. The molecule has 5 nitrogen and oxygen atoms in total. The van der Waals surface area contributed by atoms with Gasteiger partial charge in [-0.2, -0.15) is 0 Å². The predicted octanol–water partition coefficient (Wildman–Crippen LogP) is 1.08. The minimum atomic E-state index is 0.706. The fourth-order valence-corrected chi connectivity index (χ4v) is 1.62. The van der Waals surface area contributed by atoms with Crippen molar-refractivity contribution in [3.63, 3.8) is 0 Å². The van der Waals surface area contributed by atoms with Gasteiger partial charge in [0.05, 0.1) is 19.3 Å². The van der Waals surface area contributed by atoms with E-state index in [0.29, 0.717) is 6.54 Å². The number of anilines is 1. The molecular weight excluding hydrogens is 216 g/mol. The standard InChI is InChI=1S/C12H16N4O/c1-17-16-8-10-4-2-3-5-11(10)15-9-12-13-6-7-14-12/h2-5,8,15H,6-7,9H2,1H3,(H,13,14)/b16-8+. The Morgan fingerprint density at radius 3 is 3.18 bits per heavy atom. The lowest BCUT2D eigenvalue weighted by molar-refractivity contribution is 0.215. The third-order valence-corrected chi connectivity index (χ3v) is 2.45. The van der Waals surface area contributed by atoms with Crippen LogP contribution in [0.2, 0.25) is 0 Å². The molecule has 0 aliphatic carbocycles. The van der Waals surface area contributed by atoms with Crippen LogP contribution in [0.4, 0.5) is 5.69 Å². The van der Waals surface area contributed by atoms with Crippen LogP contribution in [-0.4, -0.2) is 38.8 Å². The summed E-state index contributed by atoms with van der Waals surface area (Å²) in [6, 6.07) is 7.94. The summed E-state index contributed by atoms with van der Waals surface area (Å²) in [6.45, 7) is 2.51. The second kappa shape index (κ2) is 5.89. The first-order chi connectivity index (χ1) is 8.40. The van der Waals surface area contributed by atoms with E-state index in [1.807, 2.05) is 24.3 Å². The maximum absolute atomic E-state index is 4.68. The van der Waals surface area contributed by atoms with Crippen molar-refractivity contribution in [2.75, 3.05) is 32.1 Å². The summed E-state index contributed by atoms with van der Waals surface area (Å²) in [7, 11) is 1.53. The highest BCUT2D eigenvalue weighted by Gasteiger charge is 2.05. The molecule has 1 heterocycles. The molecule has 0 radical (unpaired) electrons. The molecule has 0 fully saturated rings. The minimum Gasteiger partial charge on any atom is -0.399 e. The summed E-state index contributed by atoms with van der Waals surface area (Å²) in [6.07, 6.45) is 1.69. The lowest BCUT2D eigenvalue weighted by Gasteiger charge is -2.09. The number of rotatable bonds is 5. The third-order valence-electron chi connectivity index (χ3n) is 2.45. The molecule has 0 atom stereocenters. The summed E-state index contributed by atoms with van der Waals surface area (Å²) < 4.78 is 0. The quantitative estimate of drug-likeness (QED) is 0.590. The zero-order valence-electron chi connectivity index (χ0n) is 9.81. The van der Waals surface area contributed by atoms with Crippen molar-refractivity contribution < 1.29 is 4.84 Å². The topological polar surface area (TPSA) is 58.0 Å². The summed E-state index contributed by atoms with van der Waals surface area (Å²) >= 11 is 0. The number of nitrogens with one attached hydrogen (secondary N) is 2. The van der Waals surface area contributed by atoms with Crippen molar-refractivity contribution >= 4 is 17.7 Å². The number of nitrogens with zero attached hydrogens (tertiary/aromatic N) is 2. The average Bonchev–Trinajstić information content (AvgIpc) is 2.88. The number of benzene rings is 1. The summed E-state index contributed by atoms with van der Waals surface area (Å²) in [4.78, 5) is 9.01. The van der Waals surface area contributed by atoms with Gasteiger partial charge in [0.25, 0.3) is 0 Å². The Hall–Kier alpha value is -2.04. The van der Waals surface area contributed by atoms with Crippen LogP contribution in [0.25, 0.3) is 0 Å². The van der Waals surface area contributed by atoms with Gasteiger partial charge in [0, 0.05) is 17.8 Å². The van der Waals surface area contributed by atoms with Gasteiger partial charge in [-0.25, -0.2) is 0 Å². The van der Waals surface area contributed by atoms with Gasteiger partial charge in [0.15, 0.2) is 0 Å². The maximum Gasteiger partial charge on any atom is 0.116 e. The Bertz CT molecular complexity index is 428. The van der Waals surface area contributed by atoms with Crippen LogP contribution in [-0.2, 0) is 4.84 Å². The van der Waals surface area contributed by atoms with Crippen LogP contribution in [0.1, 0.15) is 5.56 Å². The third kappa shape index (κ3) is 3.21.